The van der Waals surface area contributed by atoms with Gasteiger partial charge in [0.05, 0.1) is 28.3 Å². The highest BCUT2D eigenvalue weighted by atomic mass is 32.2. The number of nitrogens with zero attached hydrogens (tertiary/aromatic N) is 5. The molecule has 2 fully saturated rings. The minimum absolute atomic E-state index is 0.0157. The van der Waals surface area contributed by atoms with Crippen LogP contribution in [-0.4, -0.2) is 64.4 Å². The van der Waals surface area contributed by atoms with E-state index in [9.17, 15) is 22.8 Å². The molecule has 8 rings (SSSR count). The van der Waals surface area contributed by atoms with Gasteiger partial charge < -0.3 is 9.64 Å². The van der Waals surface area contributed by atoms with Crippen molar-refractivity contribution >= 4 is 60.3 Å². The second-order valence-corrected chi connectivity index (χ2v) is 18.9. The fourth-order valence-corrected chi connectivity index (χ4v) is 11.0. The second kappa shape index (κ2) is 17.9. The Balaban J connectivity index is 1.06. The van der Waals surface area contributed by atoms with Crippen molar-refractivity contribution in [3.05, 3.63) is 88.9 Å². The minimum atomic E-state index is -4.11. The number of para-hydroxylation sites is 1. The Morgan fingerprint density at radius 1 is 0.917 bits per heavy atom. The lowest BCUT2D eigenvalue weighted by atomic mass is 9.89. The molecule has 2 aliphatic carbocycles. The van der Waals surface area contributed by atoms with Gasteiger partial charge in [-0.05, 0) is 106 Å². The molecule has 3 aliphatic rings. The number of anilines is 2. The molecular weight excluding hydrogens is 799 g/mol. The zero-order valence-corrected chi connectivity index (χ0v) is 35.5. The van der Waals surface area contributed by atoms with Gasteiger partial charge in [-0.2, -0.15) is 5.10 Å². The van der Waals surface area contributed by atoms with Crippen molar-refractivity contribution in [3.63, 3.8) is 0 Å². The maximum atomic E-state index is 14.3. The number of fused-ring (bicyclic) bond motifs is 2. The van der Waals surface area contributed by atoms with Crippen molar-refractivity contribution in [2.75, 3.05) is 23.4 Å². The lowest BCUT2D eigenvalue weighted by Crippen LogP contribution is -2.40. The number of ether oxygens (including phenoxy) is 1. The van der Waals surface area contributed by atoms with Crippen LogP contribution in [0.15, 0.2) is 60.8 Å². The number of amides is 2. The standard InChI is InChI=1S/C45H49N7O6S2/c1-3-58-41(53)23-18-30-16-19-33(20-17-30)60(56,57)50-44(55)42-34(36-26-46-52(29(36)2)27-31-10-5-4-6-11-31)21-22-40(48-42)51-25-24-32-12-9-13-35(37(32)28-51)43(54)49-45-47-38-14-7-8-15-39(38)59-45/h7-9,12-15,21-22,26,30-31,33H,3-6,10-11,16-17,19-20,24-25,27-28H2,1-2H3,(H,50,55)(H,47,49,54). The van der Waals surface area contributed by atoms with Crippen molar-refractivity contribution in [2.45, 2.75) is 96.4 Å². The summed E-state index contributed by atoms with van der Waals surface area (Å²) in [6.45, 7) is 5.62. The van der Waals surface area contributed by atoms with Gasteiger partial charge in [-0.3, -0.25) is 19.6 Å². The quantitative estimate of drug-likeness (QED) is 0.0820. The van der Waals surface area contributed by atoms with E-state index in [-0.39, 0.29) is 24.1 Å². The van der Waals surface area contributed by atoms with Crippen LogP contribution in [-0.2, 0) is 39.1 Å². The summed E-state index contributed by atoms with van der Waals surface area (Å²) in [4.78, 5) is 51.3. The van der Waals surface area contributed by atoms with Gasteiger partial charge in [0.25, 0.3) is 11.8 Å². The van der Waals surface area contributed by atoms with Crippen molar-refractivity contribution in [1.29, 1.82) is 0 Å². The summed E-state index contributed by atoms with van der Waals surface area (Å²) in [5.41, 5.74) is 5.31. The highest BCUT2D eigenvalue weighted by molar-refractivity contribution is 7.90. The van der Waals surface area contributed by atoms with Crippen LogP contribution in [0.4, 0.5) is 10.9 Å². The summed E-state index contributed by atoms with van der Waals surface area (Å²) < 4.78 is 37.9. The topological polar surface area (TPSA) is 165 Å². The molecule has 2 amide bonds. The molecule has 3 aromatic heterocycles. The number of thiazole rings is 1. The highest BCUT2D eigenvalue weighted by Gasteiger charge is 2.34. The Kier molecular flexibility index (Phi) is 12.3. The third kappa shape index (κ3) is 9.10. The van der Waals surface area contributed by atoms with Crippen LogP contribution in [0.25, 0.3) is 21.3 Å². The molecule has 0 spiro atoms. The molecule has 0 unspecified atom stereocenters. The van der Waals surface area contributed by atoms with E-state index in [0.717, 1.165) is 46.4 Å². The molecule has 4 heterocycles. The van der Waals surface area contributed by atoms with Crippen LogP contribution >= 0.6 is 11.3 Å². The fourth-order valence-electron chi connectivity index (χ4n) is 8.71. The number of pyridine rings is 1. The Hall–Kier alpha value is -5.59. The first-order valence-corrected chi connectivity index (χ1v) is 23.2. The average molecular weight is 848 g/mol. The van der Waals surface area contributed by atoms with E-state index >= 15 is 0 Å². The number of carbonyl (C=O) groups is 3. The molecule has 5 aromatic rings. The van der Waals surface area contributed by atoms with E-state index in [1.54, 1.807) is 19.2 Å². The third-order valence-electron chi connectivity index (χ3n) is 12.0. The summed E-state index contributed by atoms with van der Waals surface area (Å²) in [7, 11) is -4.11. The lowest BCUT2D eigenvalue weighted by Gasteiger charge is -2.31. The van der Waals surface area contributed by atoms with E-state index in [0.29, 0.717) is 78.8 Å². The van der Waals surface area contributed by atoms with Gasteiger partial charge in [0.1, 0.15) is 11.5 Å². The predicted molar refractivity (Wildman–Crippen MR) is 232 cm³/mol. The van der Waals surface area contributed by atoms with Gasteiger partial charge in [0.15, 0.2) is 5.13 Å². The van der Waals surface area contributed by atoms with Crippen LogP contribution in [0.5, 0.6) is 0 Å². The number of sulfonamides is 1. The molecule has 0 bridgehead atoms. The fraction of sp³-hybridized carbons (Fsp3) is 0.422. The molecule has 0 atom stereocenters. The monoisotopic (exact) mass is 847 g/mol. The SMILES string of the molecule is CCOC(=O)C#CC1CCC(S(=O)(=O)NC(=O)c2nc(N3CCc4cccc(C(=O)Nc5nc6ccccc6s5)c4C3)ccc2-c2cnn(CC3CCCCC3)c2C)CC1. The van der Waals surface area contributed by atoms with E-state index < -0.39 is 27.1 Å². The lowest BCUT2D eigenvalue weighted by molar-refractivity contribution is -0.136. The van der Waals surface area contributed by atoms with Crippen molar-refractivity contribution in [3.8, 4) is 23.0 Å². The summed E-state index contributed by atoms with van der Waals surface area (Å²) in [5.74, 6) is 4.62. The van der Waals surface area contributed by atoms with Crippen LogP contribution in [0.3, 0.4) is 0 Å². The molecule has 2 aromatic carbocycles. The normalized spacial score (nSPS) is 18.3. The number of esters is 1. The second-order valence-electron chi connectivity index (χ2n) is 15.9. The molecular formula is C45H49N7O6S2. The van der Waals surface area contributed by atoms with Crippen LogP contribution in [0.1, 0.15) is 102 Å². The highest BCUT2D eigenvalue weighted by Crippen LogP contribution is 2.34. The van der Waals surface area contributed by atoms with Gasteiger partial charge in [-0.25, -0.2) is 27.9 Å². The first-order valence-electron chi connectivity index (χ1n) is 20.9. The molecule has 2 N–H and O–H groups in total. The number of hydrogen-bond acceptors (Lipinski definition) is 11. The largest absolute Gasteiger partial charge is 0.456 e. The Morgan fingerprint density at radius 3 is 2.50 bits per heavy atom. The predicted octanol–water partition coefficient (Wildman–Crippen LogP) is 7.44. The Bertz CT molecular complexity index is 2560. The minimum Gasteiger partial charge on any atom is -0.456 e. The first kappa shape index (κ1) is 41.2. The molecule has 60 heavy (non-hydrogen) atoms. The third-order valence-corrected chi connectivity index (χ3v) is 14.8. The summed E-state index contributed by atoms with van der Waals surface area (Å²) in [5, 5.41) is 7.43. The van der Waals surface area contributed by atoms with Crippen molar-refractivity contribution in [1.82, 2.24) is 24.5 Å². The van der Waals surface area contributed by atoms with Gasteiger partial charge in [-0.1, -0.05) is 60.8 Å². The van der Waals surface area contributed by atoms with E-state index in [1.807, 2.05) is 65.0 Å². The van der Waals surface area contributed by atoms with Gasteiger partial charge in [-0.15, -0.1) is 0 Å². The number of benzene rings is 2. The van der Waals surface area contributed by atoms with Gasteiger partial charge in [0.2, 0.25) is 10.0 Å². The number of nitrogens with one attached hydrogen (secondary N) is 2. The molecule has 0 saturated heterocycles. The molecule has 312 valence electrons. The van der Waals surface area contributed by atoms with E-state index in [4.69, 9.17) is 14.8 Å². The van der Waals surface area contributed by atoms with E-state index in [2.05, 4.69) is 26.9 Å². The van der Waals surface area contributed by atoms with Crippen LogP contribution < -0.4 is 14.9 Å². The maximum Gasteiger partial charge on any atom is 0.384 e. The van der Waals surface area contributed by atoms with Crippen molar-refractivity contribution in [2.24, 2.45) is 11.8 Å². The molecule has 15 heteroatoms. The average Bonchev–Trinajstić information content (AvgIpc) is 3.84. The summed E-state index contributed by atoms with van der Waals surface area (Å²) >= 11 is 1.42. The number of hydrogen-bond donors (Lipinski definition) is 2. The van der Waals surface area contributed by atoms with Crippen LogP contribution in [0, 0.1) is 30.6 Å². The van der Waals surface area contributed by atoms with E-state index in [1.165, 1.54) is 30.6 Å². The number of carbonyl (C=O) groups excluding carboxylic acids is 3. The van der Waals surface area contributed by atoms with Crippen LogP contribution in [0.2, 0.25) is 0 Å². The first-order chi connectivity index (χ1) is 29.1. The number of aromatic nitrogens is 4. The van der Waals surface area contributed by atoms with Gasteiger partial charge in [0, 0.05) is 53.9 Å². The smallest absolute Gasteiger partial charge is 0.384 e. The summed E-state index contributed by atoms with van der Waals surface area (Å²) in [6.07, 6.45) is 9.89. The molecule has 13 nitrogen and oxygen atoms in total. The molecule has 2 saturated carbocycles. The molecule has 0 radical (unpaired) electrons. The Labute approximate surface area is 354 Å². The van der Waals surface area contributed by atoms with Gasteiger partial charge >= 0.3 is 5.97 Å². The van der Waals surface area contributed by atoms with Crippen molar-refractivity contribution < 1.29 is 27.5 Å². The zero-order chi connectivity index (χ0) is 41.8. The molecule has 1 aliphatic heterocycles. The summed E-state index contributed by atoms with van der Waals surface area (Å²) in [6, 6.07) is 17.1. The zero-order valence-electron chi connectivity index (χ0n) is 33.9. The number of rotatable bonds is 10. The maximum absolute atomic E-state index is 14.3. The Morgan fingerprint density at radius 2 is 1.72 bits per heavy atom.